The maximum Gasteiger partial charge on any atom is 0.230 e. The molecule has 3 aromatic heterocycles. The number of imidazole rings is 1. The van der Waals surface area contributed by atoms with Crippen LogP contribution in [0.4, 0.5) is 15.9 Å². The van der Waals surface area contributed by atoms with E-state index in [9.17, 15) is 4.39 Å². The molecule has 0 amide bonds. The summed E-state index contributed by atoms with van der Waals surface area (Å²) in [6, 6.07) is 12.3. The number of anilines is 1. The smallest absolute Gasteiger partial charge is 0.230 e. The lowest BCUT2D eigenvalue weighted by Crippen LogP contribution is -2.24. The number of aromatic nitrogens is 5. The maximum absolute atomic E-state index is 14.5. The van der Waals surface area contributed by atoms with Crippen LogP contribution in [-0.4, -0.2) is 38.2 Å². The van der Waals surface area contributed by atoms with E-state index in [0.29, 0.717) is 34.0 Å². The number of halogens is 1. The number of fused-ring (bicyclic) bond motifs is 2. The molecule has 0 saturated carbocycles. The van der Waals surface area contributed by atoms with Crippen LogP contribution in [0.5, 0.6) is 5.75 Å². The van der Waals surface area contributed by atoms with Crippen LogP contribution in [0.2, 0.25) is 0 Å². The van der Waals surface area contributed by atoms with Crippen molar-refractivity contribution in [2.75, 3.05) is 18.6 Å². The van der Waals surface area contributed by atoms with E-state index in [1.165, 1.54) is 13.2 Å². The monoisotopic (exact) mass is 453 g/mol. The van der Waals surface area contributed by atoms with Gasteiger partial charge in [0, 0.05) is 18.3 Å². The van der Waals surface area contributed by atoms with Crippen molar-refractivity contribution >= 4 is 28.2 Å². The first-order chi connectivity index (χ1) is 16.7. The summed E-state index contributed by atoms with van der Waals surface area (Å²) in [5.41, 5.74) is 3.91. The minimum Gasteiger partial charge on any atom is -0.508 e. The molecule has 0 aliphatic carbocycles. The molecule has 8 nitrogen and oxygen atoms in total. The van der Waals surface area contributed by atoms with Crippen LogP contribution in [0.15, 0.2) is 54.9 Å². The topological polar surface area (TPSA) is 75.7 Å². The van der Waals surface area contributed by atoms with Crippen LogP contribution >= 0.6 is 0 Å². The van der Waals surface area contributed by atoms with Crippen LogP contribution in [0.1, 0.15) is 24.4 Å². The highest BCUT2D eigenvalue weighted by Gasteiger charge is 2.29. The molecule has 1 atom stereocenters. The summed E-state index contributed by atoms with van der Waals surface area (Å²) >= 11 is 0. The lowest BCUT2D eigenvalue weighted by Gasteiger charge is -2.26. The predicted octanol–water partition coefficient (Wildman–Crippen LogP) is 5.31. The highest BCUT2D eigenvalue weighted by molar-refractivity contribution is 5.87. The quantitative estimate of drug-likeness (QED) is 0.373. The Morgan fingerprint density at radius 2 is 2.09 bits per heavy atom. The molecular formula is C25H20FN7O. The van der Waals surface area contributed by atoms with Crippen molar-refractivity contribution in [2.24, 2.45) is 0 Å². The Labute approximate surface area is 194 Å². The van der Waals surface area contributed by atoms with E-state index in [0.717, 1.165) is 36.3 Å². The zero-order valence-corrected chi connectivity index (χ0v) is 18.4. The van der Waals surface area contributed by atoms with E-state index in [2.05, 4.69) is 19.8 Å². The summed E-state index contributed by atoms with van der Waals surface area (Å²) < 4.78 is 21.5. The third-order valence-corrected chi connectivity index (χ3v) is 6.32. The van der Waals surface area contributed by atoms with E-state index in [1.54, 1.807) is 28.9 Å². The Bertz CT molecular complexity index is 1580. The number of hydrogen-bond acceptors (Lipinski definition) is 5. The van der Waals surface area contributed by atoms with Crippen LogP contribution in [0.25, 0.3) is 32.9 Å². The second-order valence-electron chi connectivity index (χ2n) is 8.22. The molecule has 1 aliphatic rings. The summed E-state index contributed by atoms with van der Waals surface area (Å²) in [5, 5.41) is 4.43. The van der Waals surface area contributed by atoms with Crippen molar-refractivity contribution in [1.82, 2.24) is 24.6 Å². The predicted molar refractivity (Wildman–Crippen MR) is 127 cm³/mol. The Morgan fingerprint density at radius 1 is 1.21 bits per heavy atom. The average Bonchev–Trinajstić information content (AvgIpc) is 3.60. The Balaban J connectivity index is 1.43. The van der Waals surface area contributed by atoms with Gasteiger partial charge in [0.25, 0.3) is 0 Å². The van der Waals surface area contributed by atoms with Crippen LogP contribution in [-0.2, 0) is 0 Å². The maximum atomic E-state index is 14.5. The number of methoxy groups -OCH3 is 1. The average molecular weight is 453 g/mol. The molecule has 34 heavy (non-hydrogen) atoms. The molecule has 5 aromatic rings. The highest BCUT2D eigenvalue weighted by Crippen LogP contribution is 2.37. The van der Waals surface area contributed by atoms with E-state index in [1.807, 2.05) is 24.4 Å². The fraction of sp³-hybridized carbons (Fsp3) is 0.200. The molecule has 168 valence electrons. The van der Waals surface area contributed by atoms with Crippen molar-refractivity contribution in [3.05, 3.63) is 77.7 Å². The number of aromatic amines is 1. The molecule has 0 radical (unpaired) electrons. The molecule has 1 N–H and O–H groups in total. The number of rotatable bonds is 4. The van der Waals surface area contributed by atoms with Gasteiger partial charge in [0.1, 0.15) is 23.2 Å². The summed E-state index contributed by atoms with van der Waals surface area (Å²) in [4.78, 5) is 18.6. The third kappa shape index (κ3) is 3.15. The van der Waals surface area contributed by atoms with Gasteiger partial charge in [-0.1, -0.05) is 18.2 Å². The van der Waals surface area contributed by atoms with E-state index in [-0.39, 0.29) is 11.9 Å². The van der Waals surface area contributed by atoms with Gasteiger partial charge in [0.15, 0.2) is 5.65 Å². The molecule has 9 heteroatoms. The second kappa shape index (κ2) is 7.85. The number of hydrogen-bond donors (Lipinski definition) is 1. The van der Waals surface area contributed by atoms with Crippen molar-refractivity contribution in [1.29, 1.82) is 0 Å². The second-order valence-corrected chi connectivity index (χ2v) is 8.22. The minimum absolute atomic E-state index is 0.0618. The van der Waals surface area contributed by atoms with Gasteiger partial charge in [-0.3, -0.25) is 0 Å². The molecule has 6 rings (SSSR count). The Hall–Kier alpha value is -4.45. The lowest BCUT2D eigenvalue weighted by atomic mass is 10.0. The molecule has 1 saturated heterocycles. The molecule has 2 aromatic carbocycles. The Morgan fingerprint density at radius 3 is 2.91 bits per heavy atom. The van der Waals surface area contributed by atoms with Gasteiger partial charge >= 0.3 is 0 Å². The number of ether oxygens (including phenoxy) is 1. The third-order valence-electron chi connectivity index (χ3n) is 6.32. The van der Waals surface area contributed by atoms with Gasteiger partial charge < -0.3 is 14.6 Å². The van der Waals surface area contributed by atoms with E-state index in [4.69, 9.17) is 21.3 Å². The zero-order chi connectivity index (χ0) is 23.2. The highest BCUT2D eigenvalue weighted by atomic mass is 19.1. The van der Waals surface area contributed by atoms with Crippen molar-refractivity contribution in [3.63, 3.8) is 0 Å². The molecule has 0 bridgehead atoms. The van der Waals surface area contributed by atoms with Gasteiger partial charge in [-0.25, -0.2) is 23.7 Å². The van der Waals surface area contributed by atoms with Gasteiger partial charge in [0.2, 0.25) is 5.69 Å². The van der Waals surface area contributed by atoms with Gasteiger partial charge in [-0.05, 0) is 37.1 Å². The van der Waals surface area contributed by atoms with E-state index < -0.39 is 0 Å². The molecule has 0 spiro atoms. The van der Waals surface area contributed by atoms with Crippen LogP contribution in [0.3, 0.4) is 0 Å². The normalized spacial score (nSPS) is 15.8. The van der Waals surface area contributed by atoms with E-state index >= 15 is 0 Å². The molecular weight excluding hydrogens is 433 g/mol. The molecule has 1 fully saturated rings. The van der Waals surface area contributed by atoms with Crippen molar-refractivity contribution < 1.29 is 9.13 Å². The molecule has 0 unspecified atom stereocenters. The number of benzene rings is 2. The number of nitrogens with zero attached hydrogens (tertiary/aromatic N) is 6. The number of H-pyrrole nitrogens is 1. The van der Waals surface area contributed by atoms with Crippen molar-refractivity contribution in [2.45, 2.75) is 18.9 Å². The van der Waals surface area contributed by atoms with Crippen molar-refractivity contribution in [3.8, 4) is 17.1 Å². The van der Waals surface area contributed by atoms with Gasteiger partial charge in [0.05, 0.1) is 42.5 Å². The Kier molecular flexibility index (Phi) is 4.66. The lowest BCUT2D eigenvalue weighted by molar-refractivity contribution is 0.418. The van der Waals surface area contributed by atoms with Crippen LogP contribution < -0.4 is 9.64 Å². The first-order valence-electron chi connectivity index (χ1n) is 11.0. The first kappa shape index (κ1) is 20.2. The summed E-state index contributed by atoms with van der Waals surface area (Å²) in [7, 11) is 1.53. The molecule has 4 heterocycles. The minimum atomic E-state index is -0.193. The summed E-state index contributed by atoms with van der Waals surface area (Å²) in [6.45, 7) is 8.17. The number of nitrogens with one attached hydrogen (secondary N) is 1. The molecule has 1 aliphatic heterocycles. The zero-order valence-electron chi connectivity index (χ0n) is 18.4. The largest absolute Gasteiger partial charge is 0.508 e. The standard InChI is InChI=1S/C25H20FN7O/c1-27-20-12-18-19(13-22(20)34-2)30-24(29-18)16-14-28-33-11-9-23(31-25(16)33)32-10-5-8-21(32)15-6-3-4-7-17(15)26/h3-4,6-7,9,11-14,21H,5,8,10H2,2H3,(H,29,30)/t21-/m1/s1. The van der Waals surface area contributed by atoms with Gasteiger partial charge in [-0.15, -0.1) is 0 Å². The summed E-state index contributed by atoms with van der Waals surface area (Å²) in [6.07, 6.45) is 5.41. The fourth-order valence-corrected chi connectivity index (χ4v) is 4.70. The van der Waals surface area contributed by atoms with Gasteiger partial charge in [-0.2, -0.15) is 5.10 Å². The summed E-state index contributed by atoms with van der Waals surface area (Å²) in [5.74, 6) is 1.66. The van der Waals surface area contributed by atoms with Crippen LogP contribution in [0, 0.1) is 12.4 Å². The first-order valence-corrected chi connectivity index (χ1v) is 11.0. The fourth-order valence-electron chi connectivity index (χ4n) is 4.70. The SMILES string of the molecule is [C-]#[N+]c1cc2[nH]c(-c3cnn4ccc(N5CCC[C@@H]5c5ccccc5F)nc34)nc2cc1OC.